The molecule has 0 saturated heterocycles. The zero-order chi connectivity index (χ0) is 19.1. The molecule has 0 saturated carbocycles. The lowest BCUT2D eigenvalue weighted by molar-refractivity contribution is 0.104. The molecule has 0 aliphatic heterocycles. The van der Waals surface area contributed by atoms with Crippen LogP contribution in [0.25, 0.3) is 6.08 Å². The Morgan fingerprint density at radius 1 is 1.11 bits per heavy atom. The summed E-state index contributed by atoms with van der Waals surface area (Å²) in [6.07, 6.45) is 5.19. The standard InChI is InChI=1S/C22H18FNO3/c23-17-6-4-16(5-7-17)12-14-27-19-9-11-22(26)20(15-19)21(25)10-8-18-3-1-2-13-24-18/h1-11,13,15,26H,12,14H2/b10-8+. The van der Waals surface area contributed by atoms with Crippen LogP contribution in [0.1, 0.15) is 21.6 Å². The first-order valence-electron chi connectivity index (χ1n) is 8.45. The highest BCUT2D eigenvalue weighted by atomic mass is 19.1. The van der Waals surface area contributed by atoms with Gasteiger partial charge in [0.1, 0.15) is 17.3 Å². The SMILES string of the molecule is O=C(/C=C/c1ccccn1)c1cc(OCCc2ccc(F)cc2)ccc1O. The molecule has 4 nitrogen and oxygen atoms in total. The molecular formula is C22H18FNO3. The number of phenolic OH excluding ortho intramolecular Hbond substituents is 1. The fourth-order valence-electron chi connectivity index (χ4n) is 2.47. The Balaban J connectivity index is 1.64. The van der Waals surface area contributed by atoms with Gasteiger partial charge in [-0.15, -0.1) is 0 Å². The van der Waals surface area contributed by atoms with Crippen molar-refractivity contribution in [3.8, 4) is 11.5 Å². The van der Waals surface area contributed by atoms with Crippen LogP contribution in [0.3, 0.4) is 0 Å². The van der Waals surface area contributed by atoms with Crippen LogP contribution in [0.4, 0.5) is 4.39 Å². The maximum absolute atomic E-state index is 12.9. The number of carbonyl (C=O) groups excluding carboxylic acids is 1. The largest absolute Gasteiger partial charge is 0.507 e. The lowest BCUT2D eigenvalue weighted by atomic mass is 10.1. The zero-order valence-corrected chi connectivity index (χ0v) is 14.5. The van der Waals surface area contributed by atoms with Gasteiger partial charge in [0, 0.05) is 12.6 Å². The Bertz CT molecular complexity index is 938. The second-order valence-corrected chi connectivity index (χ2v) is 5.86. The molecule has 0 atom stereocenters. The van der Waals surface area contributed by atoms with E-state index in [-0.39, 0.29) is 22.9 Å². The number of benzene rings is 2. The van der Waals surface area contributed by atoms with Gasteiger partial charge >= 0.3 is 0 Å². The number of nitrogens with zero attached hydrogens (tertiary/aromatic N) is 1. The van der Waals surface area contributed by atoms with Crippen LogP contribution < -0.4 is 4.74 Å². The quantitative estimate of drug-likeness (QED) is 0.498. The molecule has 2 aromatic carbocycles. The van der Waals surface area contributed by atoms with E-state index in [1.54, 1.807) is 42.6 Å². The van der Waals surface area contributed by atoms with Gasteiger partial charge in [0.15, 0.2) is 5.78 Å². The topological polar surface area (TPSA) is 59.4 Å². The van der Waals surface area contributed by atoms with E-state index in [4.69, 9.17) is 4.74 Å². The number of halogens is 1. The minimum atomic E-state index is -0.345. The van der Waals surface area contributed by atoms with Crippen LogP contribution in [-0.2, 0) is 6.42 Å². The van der Waals surface area contributed by atoms with Crippen LogP contribution in [0.15, 0.2) is 72.9 Å². The molecule has 1 aromatic heterocycles. The molecule has 0 aliphatic rings. The predicted octanol–water partition coefficient (Wildman–Crippen LogP) is 4.44. The summed E-state index contributed by atoms with van der Waals surface area (Å²) in [7, 11) is 0. The van der Waals surface area contributed by atoms with Crippen LogP contribution in [0.5, 0.6) is 11.5 Å². The second kappa shape index (κ2) is 8.76. The maximum Gasteiger partial charge on any atom is 0.189 e. The summed E-state index contributed by atoms with van der Waals surface area (Å²) in [5.41, 5.74) is 1.75. The van der Waals surface area contributed by atoms with Crippen molar-refractivity contribution in [3.05, 3.63) is 95.6 Å². The van der Waals surface area contributed by atoms with Crippen molar-refractivity contribution in [2.24, 2.45) is 0 Å². The van der Waals surface area contributed by atoms with Gasteiger partial charge in [-0.25, -0.2) is 4.39 Å². The summed E-state index contributed by atoms with van der Waals surface area (Å²) < 4.78 is 18.6. The summed E-state index contributed by atoms with van der Waals surface area (Å²) >= 11 is 0. The third-order valence-electron chi connectivity index (χ3n) is 3.90. The second-order valence-electron chi connectivity index (χ2n) is 5.86. The maximum atomic E-state index is 12.9. The van der Waals surface area contributed by atoms with Gasteiger partial charge in [-0.2, -0.15) is 0 Å². The fraction of sp³-hybridized carbons (Fsp3) is 0.0909. The van der Waals surface area contributed by atoms with E-state index in [2.05, 4.69) is 4.98 Å². The third-order valence-corrected chi connectivity index (χ3v) is 3.90. The van der Waals surface area contributed by atoms with Gasteiger partial charge in [0.05, 0.1) is 17.9 Å². The minimum Gasteiger partial charge on any atom is -0.507 e. The Morgan fingerprint density at radius 3 is 2.67 bits per heavy atom. The van der Waals surface area contributed by atoms with Gasteiger partial charge in [-0.1, -0.05) is 18.2 Å². The molecule has 0 amide bonds. The van der Waals surface area contributed by atoms with Crippen LogP contribution in [0, 0.1) is 5.82 Å². The molecule has 3 aromatic rings. The van der Waals surface area contributed by atoms with Crippen LogP contribution in [0.2, 0.25) is 0 Å². The van der Waals surface area contributed by atoms with Gasteiger partial charge in [0.2, 0.25) is 0 Å². The molecule has 1 N–H and O–H groups in total. The first kappa shape index (κ1) is 18.3. The summed E-state index contributed by atoms with van der Waals surface area (Å²) in [4.78, 5) is 16.5. The van der Waals surface area contributed by atoms with Gasteiger partial charge in [0.25, 0.3) is 0 Å². The third kappa shape index (κ3) is 5.25. The fourth-order valence-corrected chi connectivity index (χ4v) is 2.47. The predicted molar refractivity (Wildman–Crippen MR) is 101 cm³/mol. The first-order chi connectivity index (χ1) is 13.1. The van der Waals surface area contributed by atoms with E-state index in [1.807, 2.05) is 6.07 Å². The van der Waals surface area contributed by atoms with Gasteiger partial charge < -0.3 is 9.84 Å². The lowest BCUT2D eigenvalue weighted by Gasteiger charge is -2.08. The van der Waals surface area contributed by atoms with E-state index < -0.39 is 0 Å². The average molecular weight is 363 g/mol. The molecule has 0 fully saturated rings. The van der Waals surface area contributed by atoms with Crippen molar-refractivity contribution in [1.29, 1.82) is 0 Å². The van der Waals surface area contributed by atoms with Crippen LogP contribution in [-0.4, -0.2) is 22.5 Å². The first-order valence-corrected chi connectivity index (χ1v) is 8.45. The van der Waals surface area contributed by atoms with Crippen molar-refractivity contribution in [3.63, 3.8) is 0 Å². The minimum absolute atomic E-state index is 0.114. The molecule has 0 aliphatic carbocycles. The summed E-state index contributed by atoms with van der Waals surface area (Å²) in [5.74, 6) is -0.261. The zero-order valence-electron chi connectivity index (χ0n) is 14.5. The smallest absolute Gasteiger partial charge is 0.189 e. The van der Waals surface area contributed by atoms with Crippen molar-refractivity contribution in [1.82, 2.24) is 4.98 Å². The van der Waals surface area contributed by atoms with E-state index in [9.17, 15) is 14.3 Å². The summed E-state index contributed by atoms with van der Waals surface area (Å²) in [6, 6.07) is 16.1. The number of pyridine rings is 1. The molecule has 136 valence electrons. The molecule has 0 spiro atoms. The van der Waals surface area contributed by atoms with E-state index in [0.717, 1.165) is 5.56 Å². The number of hydrogen-bond donors (Lipinski definition) is 1. The average Bonchev–Trinajstić information content (AvgIpc) is 2.70. The number of ether oxygens (including phenoxy) is 1. The number of hydrogen-bond acceptors (Lipinski definition) is 4. The van der Waals surface area contributed by atoms with Crippen molar-refractivity contribution in [2.75, 3.05) is 6.61 Å². The highest BCUT2D eigenvalue weighted by Gasteiger charge is 2.10. The number of allylic oxidation sites excluding steroid dienone is 1. The number of carbonyl (C=O) groups is 1. The Hall–Kier alpha value is -3.47. The molecule has 3 rings (SSSR count). The van der Waals surface area contributed by atoms with E-state index >= 15 is 0 Å². The number of rotatable bonds is 7. The Kier molecular flexibility index (Phi) is 5.94. The molecule has 0 unspecified atom stereocenters. The van der Waals surface area contributed by atoms with E-state index in [0.29, 0.717) is 24.5 Å². The molecular weight excluding hydrogens is 345 g/mol. The molecule has 27 heavy (non-hydrogen) atoms. The van der Waals surface area contributed by atoms with Crippen molar-refractivity contribution in [2.45, 2.75) is 6.42 Å². The molecule has 1 heterocycles. The molecule has 5 heteroatoms. The van der Waals surface area contributed by atoms with Crippen molar-refractivity contribution < 1.29 is 19.0 Å². The monoisotopic (exact) mass is 363 g/mol. The molecule has 0 bridgehead atoms. The summed E-state index contributed by atoms with van der Waals surface area (Å²) in [6.45, 7) is 0.369. The number of aromatic hydroxyl groups is 1. The number of ketones is 1. The Labute approximate surface area is 156 Å². The number of aromatic nitrogens is 1. The van der Waals surface area contributed by atoms with E-state index in [1.165, 1.54) is 30.3 Å². The highest BCUT2D eigenvalue weighted by molar-refractivity contribution is 6.08. The van der Waals surface area contributed by atoms with Gasteiger partial charge in [-0.3, -0.25) is 9.78 Å². The van der Waals surface area contributed by atoms with Crippen molar-refractivity contribution >= 4 is 11.9 Å². The molecule has 0 radical (unpaired) electrons. The van der Waals surface area contributed by atoms with Gasteiger partial charge in [-0.05, 0) is 60.2 Å². The summed E-state index contributed by atoms with van der Waals surface area (Å²) in [5, 5.41) is 9.97. The normalized spacial score (nSPS) is 10.9. The Morgan fingerprint density at radius 2 is 1.93 bits per heavy atom. The number of phenols is 1. The van der Waals surface area contributed by atoms with Crippen LogP contribution >= 0.6 is 0 Å². The lowest BCUT2D eigenvalue weighted by Crippen LogP contribution is -2.03. The highest BCUT2D eigenvalue weighted by Crippen LogP contribution is 2.24.